The maximum absolute atomic E-state index is 12.6. The van der Waals surface area contributed by atoms with Crippen LogP contribution in [0.2, 0.25) is 0 Å². The van der Waals surface area contributed by atoms with E-state index in [1.54, 1.807) is 12.1 Å². The lowest BCUT2D eigenvalue weighted by molar-refractivity contribution is -0.141. The molecule has 1 N–H and O–H groups in total. The second kappa shape index (κ2) is 5.91. The van der Waals surface area contributed by atoms with Crippen molar-refractivity contribution in [1.29, 1.82) is 0 Å². The quantitative estimate of drug-likeness (QED) is 0.574. The number of thioether (sulfide) groups is 1. The number of hydrogen-bond acceptors (Lipinski definition) is 7. The van der Waals surface area contributed by atoms with E-state index in [4.69, 9.17) is 8.83 Å². The van der Waals surface area contributed by atoms with Crippen LogP contribution < -0.4 is 5.56 Å². The lowest BCUT2D eigenvalue weighted by Gasteiger charge is -2.06. The van der Waals surface area contributed by atoms with Gasteiger partial charge >= 0.3 is 6.18 Å². The van der Waals surface area contributed by atoms with Crippen molar-refractivity contribution in [1.82, 2.24) is 20.2 Å². The van der Waals surface area contributed by atoms with E-state index in [9.17, 15) is 18.0 Å². The van der Waals surface area contributed by atoms with Gasteiger partial charge in [0.15, 0.2) is 16.6 Å². The Labute approximate surface area is 129 Å². The fourth-order valence-electron chi connectivity index (χ4n) is 1.59. The molecule has 0 aliphatic rings. The fourth-order valence-corrected chi connectivity index (χ4v) is 2.30. The molecule has 3 aromatic rings. The topological polar surface area (TPSA) is 97.8 Å². The molecule has 23 heavy (non-hydrogen) atoms. The number of rotatable bonds is 4. The van der Waals surface area contributed by atoms with Crippen LogP contribution in [0.25, 0.3) is 11.7 Å². The number of aromatic amines is 1. The van der Waals surface area contributed by atoms with Crippen LogP contribution in [-0.2, 0) is 11.9 Å². The van der Waals surface area contributed by atoms with Gasteiger partial charge in [0.25, 0.3) is 11.4 Å². The molecule has 0 spiro atoms. The Morgan fingerprint density at radius 3 is 2.83 bits per heavy atom. The van der Waals surface area contributed by atoms with Crippen LogP contribution in [0.15, 0.2) is 43.2 Å². The molecule has 0 fully saturated rings. The molecule has 0 unspecified atom stereocenters. The molecule has 3 aromatic heterocycles. The molecule has 0 aliphatic heterocycles. The number of hydrogen-bond donors (Lipinski definition) is 1. The smallest absolute Gasteiger partial charge is 0.433 e. The standard InChI is InChI=1S/C12H7F3N4O3S/c13-12(14,15)7-4-8(20)17-11(16-7)23-5-9-18-19-10(22-9)6-2-1-3-21-6/h1-4H,5H2,(H,16,17,20). The van der Waals surface area contributed by atoms with Gasteiger partial charge in [-0.05, 0) is 12.1 Å². The first kappa shape index (κ1) is 15.3. The summed E-state index contributed by atoms with van der Waals surface area (Å²) in [5.41, 5.74) is -2.15. The van der Waals surface area contributed by atoms with Gasteiger partial charge in [-0.25, -0.2) is 4.98 Å². The summed E-state index contributed by atoms with van der Waals surface area (Å²) in [4.78, 5) is 16.8. The molecule has 3 rings (SSSR count). The third-order valence-corrected chi connectivity index (χ3v) is 3.40. The zero-order valence-corrected chi connectivity index (χ0v) is 11.9. The first-order valence-corrected chi connectivity index (χ1v) is 7.08. The van der Waals surface area contributed by atoms with Crippen molar-refractivity contribution in [2.75, 3.05) is 0 Å². The van der Waals surface area contributed by atoms with E-state index in [-0.39, 0.29) is 22.7 Å². The molecule has 0 atom stereocenters. The van der Waals surface area contributed by atoms with E-state index in [2.05, 4.69) is 20.2 Å². The largest absolute Gasteiger partial charge is 0.459 e. The Morgan fingerprint density at radius 1 is 1.30 bits per heavy atom. The Balaban J connectivity index is 1.74. The summed E-state index contributed by atoms with van der Waals surface area (Å²) >= 11 is 0.835. The van der Waals surface area contributed by atoms with Crippen LogP contribution in [0.5, 0.6) is 0 Å². The zero-order valence-electron chi connectivity index (χ0n) is 11.1. The zero-order chi connectivity index (χ0) is 16.4. The number of halogens is 3. The molecule has 0 amide bonds. The number of furan rings is 1. The highest BCUT2D eigenvalue weighted by Crippen LogP contribution is 2.28. The molecule has 0 aromatic carbocycles. The van der Waals surface area contributed by atoms with Crippen molar-refractivity contribution in [2.24, 2.45) is 0 Å². The predicted molar refractivity (Wildman–Crippen MR) is 71.4 cm³/mol. The summed E-state index contributed by atoms with van der Waals surface area (Å²) in [5.74, 6) is 0.717. The second-order valence-electron chi connectivity index (χ2n) is 4.20. The fraction of sp³-hybridized carbons (Fsp3) is 0.167. The van der Waals surface area contributed by atoms with E-state index in [0.717, 1.165) is 11.8 Å². The van der Waals surface area contributed by atoms with Gasteiger partial charge in [0.1, 0.15) is 0 Å². The monoisotopic (exact) mass is 344 g/mol. The van der Waals surface area contributed by atoms with Crippen molar-refractivity contribution in [2.45, 2.75) is 17.1 Å². The molecule has 0 saturated heterocycles. The summed E-state index contributed by atoms with van der Waals surface area (Å²) in [6.45, 7) is 0. The first-order chi connectivity index (χ1) is 10.9. The highest BCUT2D eigenvalue weighted by atomic mass is 32.2. The van der Waals surface area contributed by atoms with Crippen LogP contribution in [0.1, 0.15) is 11.6 Å². The summed E-state index contributed by atoms with van der Waals surface area (Å²) < 4.78 is 48.2. The molecule has 0 aliphatic carbocycles. The minimum atomic E-state index is -4.69. The SMILES string of the molecule is O=c1cc(C(F)(F)F)nc(SCc2nnc(-c3ccco3)o2)[nH]1. The molecule has 0 saturated carbocycles. The Bertz CT molecular complexity index is 857. The Hall–Kier alpha value is -2.56. The van der Waals surface area contributed by atoms with E-state index < -0.39 is 17.4 Å². The molecular weight excluding hydrogens is 337 g/mol. The van der Waals surface area contributed by atoms with Gasteiger partial charge in [-0.3, -0.25) is 4.79 Å². The third kappa shape index (κ3) is 3.62. The molecule has 0 bridgehead atoms. The van der Waals surface area contributed by atoms with Gasteiger partial charge in [0.05, 0.1) is 12.0 Å². The Kier molecular flexibility index (Phi) is 3.94. The number of aromatic nitrogens is 4. The van der Waals surface area contributed by atoms with E-state index in [0.29, 0.717) is 11.8 Å². The van der Waals surface area contributed by atoms with Crippen molar-refractivity contribution >= 4 is 11.8 Å². The predicted octanol–water partition coefficient (Wildman–Crippen LogP) is 2.72. The number of H-pyrrole nitrogens is 1. The summed E-state index contributed by atoms with van der Waals surface area (Å²) in [7, 11) is 0. The molecule has 7 nitrogen and oxygen atoms in total. The second-order valence-corrected chi connectivity index (χ2v) is 5.16. The summed E-state index contributed by atoms with van der Waals surface area (Å²) in [5, 5.41) is 7.30. The van der Waals surface area contributed by atoms with Gasteiger partial charge in [0, 0.05) is 6.07 Å². The lowest BCUT2D eigenvalue weighted by Crippen LogP contribution is -2.16. The van der Waals surface area contributed by atoms with E-state index in [1.165, 1.54) is 6.26 Å². The number of alkyl halides is 3. The van der Waals surface area contributed by atoms with Crippen LogP contribution in [0.3, 0.4) is 0 Å². The molecule has 11 heteroatoms. The molecule has 0 radical (unpaired) electrons. The maximum atomic E-state index is 12.6. The Morgan fingerprint density at radius 2 is 2.13 bits per heavy atom. The van der Waals surface area contributed by atoms with Crippen LogP contribution >= 0.6 is 11.8 Å². The number of nitrogens with one attached hydrogen (secondary N) is 1. The maximum Gasteiger partial charge on any atom is 0.433 e. The van der Waals surface area contributed by atoms with Crippen molar-refractivity contribution in [3.05, 3.63) is 46.4 Å². The molecular formula is C12H7F3N4O3S. The van der Waals surface area contributed by atoms with E-state index >= 15 is 0 Å². The summed E-state index contributed by atoms with van der Waals surface area (Å²) in [6.07, 6.45) is -3.26. The minimum absolute atomic E-state index is 0.0396. The molecule has 3 heterocycles. The van der Waals surface area contributed by atoms with Gasteiger partial charge in [-0.15, -0.1) is 10.2 Å². The highest BCUT2D eigenvalue weighted by molar-refractivity contribution is 7.98. The third-order valence-electron chi connectivity index (χ3n) is 2.54. The van der Waals surface area contributed by atoms with Crippen LogP contribution in [0, 0.1) is 0 Å². The average molecular weight is 344 g/mol. The lowest BCUT2D eigenvalue weighted by atomic mass is 10.4. The van der Waals surface area contributed by atoms with Crippen LogP contribution in [0.4, 0.5) is 13.2 Å². The van der Waals surface area contributed by atoms with E-state index in [1.807, 2.05) is 0 Å². The van der Waals surface area contributed by atoms with Gasteiger partial charge in [-0.1, -0.05) is 11.8 Å². The van der Waals surface area contributed by atoms with Gasteiger partial charge in [0.2, 0.25) is 5.89 Å². The van der Waals surface area contributed by atoms with Crippen molar-refractivity contribution in [3.8, 4) is 11.7 Å². The minimum Gasteiger partial charge on any atom is -0.459 e. The van der Waals surface area contributed by atoms with Gasteiger partial charge in [-0.2, -0.15) is 13.2 Å². The average Bonchev–Trinajstić information content (AvgIpc) is 3.15. The molecule has 120 valence electrons. The van der Waals surface area contributed by atoms with Crippen molar-refractivity contribution in [3.63, 3.8) is 0 Å². The first-order valence-electron chi connectivity index (χ1n) is 6.09. The van der Waals surface area contributed by atoms with Crippen LogP contribution in [-0.4, -0.2) is 20.2 Å². The normalized spacial score (nSPS) is 11.8. The number of nitrogens with zero attached hydrogens (tertiary/aromatic N) is 3. The van der Waals surface area contributed by atoms with Crippen molar-refractivity contribution < 1.29 is 22.0 Å². The summed E-state index contributed by atoms with van der Waals surface area (Å²) in [6, 6.07) is 3.66. The highest BCUT2D eigenvalue weighted by Gasteiger charge is 2.33. The van der Waals surface area contributed by atoms with Gasteiger partial charge < -0.3 is 13.8 Å².